The van der Waals surface area contributed by atoms with Crippen molar-refractivity contribution in [2.24, 2.45) is 5.92 Å². The first-order chi connectivity index (χ1) is 9.83. The summed E-state index contributed by atoms with van der Waals surface area (Å²) < 4.78 is 0. The highest BCUT2D eigenvalue weighted by Gasteiger charge is 2.22. The number of hydrogen-bond acceptors (Lipinski definition) is 4. The van der Waals surface area contributed by atoms with Crippen LogP contribution in [0.15, 0.2) is 0 Å². The van der Waals surface area contributed by atoms with Crippen molar-refractivity contribution in [1.29, 1.82) is 0 Å². The van der Waals surface area contributed by atoms with Gasteiger partial charge in [-0.25, -0.2) is 0 Å². The zero-order chi connectivity index (χ0) is 16.3. The summed E-state index contributed by atoms with van der Waals surface area (Å²) in [5.74, 6) is 0.703. The lowest BCUT2D eigenvalue weighted by Gasteiger charge is -2.31. The summed E-state index contributed by atoms with van der Waals surface area (Å²) in [5, 5.41) is 13.1. The molecule has 0 bridgehead atoms. The Morgan fingerprint density at radius 3 is 2.29 bits per heavy atom. The van der Waals surface area contributed by atoms with Crippen LogP contribution in [0.2, 0.25) is 0 Å². The molecular weight excluding hydrogens is 262 g/mol. The Hall–Kier alpha value is -0.160. The van der Waals surface area contributed by atoms with Gasteiger partial charge in [0.05, 0.1) is 6.61 Å². The zero-order valence-corrected chi connectivity index (χ0v) is 15.3. The Morgan fingerprint density at radius 2 is 1.81 bits per heavy atom. The van der Waals surface area contributed by atoms with Crippen molar-refractivity contribution in [1.82, 2.24) is 15.1 Å². The summed E-state index contributed by atoms with van der Waals surface area (Å²) in [7, 11) is 4.26. The molecule has 1 atom stereocenters. The minimum Gasteiger partial charge on any atom is -0.394 e. The van der Waals surface area contributed by atoms with Gasteiger partial charge in [0, 0.05) is 25.2 Å². The fourth-order valence-corrected chi connectivity index (χ4v) is 2.50. The maximum Gasteiger partial charge on any atom is 0.0610 e. The van der Waals surface area contributed by atoms with Crippen LogP contribution in [-0.2, 0) is 0 Å². The lowest BCUT2D eigenvalue weighted by molar-refractivity contribution is 0.152. The lowest BCUT2D eigenvalue weighted by Crippen LogP contribution is -2.46. The summed E-state index contributed by atoms with van der Waals surface area (Å²) in [6, 6.07) is 0. The SMILES string of the molecule is CCCNC(C)(CO)CCCN(CCN(C)C)CC(C)C. The monoisotopic (exact) mass is 301 g/mol. The van der Waals surface area contributed by atoms with Gasteiger partial charge in [0.25, 0.3) is 0 Å². The molecule has 0 aliphatic heterocycles. The van der Waals surface area contributed by atoms with E-state index in [0.29, 0.717) is 5.92 Å². The van der Waals surface area contributed by atoms with Crippen molar-refractivity contribution in [3.63, 3.8) is 0 Å². The second-order valence-electron chi connectivity index (χ2n) is 7.25. The smallest absolute Gasteiger partial charge is 0.0610 e. The fraction of sp³-hybridized carbons (Fsp3) is 1.00. The Kier molecular flexibility index (Phi) is 11.3. The van der Waals surface area contributed by atoms with E-state index < -0.39 is 0 Å². The average Bonchev–Trinajstić information content (AvgIpc) is 2.41. The summed E-state index contributed by atoms with van der Waals surface area (Å²) in [6.07, 6.45) is 3.27. The van der Waals surface area contributed by atoms with E-state index in [1.54, 1.807) is 0 Å². The van der Waals surface area contributed by atoms with Crippen LogP contribution < -0.4 is 5.32 Å². The van der Waals surface area contributed by atoms with E-state index in [9.17, 15) is 5.11 Å². The Bertz CT molecular complexity index is 246. The zero-order valence-electron chi connectivity index (χ0n) is 15.3. The average molecular weight is 302 g/mol. The maximum absolute atomic E-state index is 9.62. The number of aliphatic hydroxyl groups excluding tert-OH is 1. The lowest BCUT2D eigenvalue weighted by atomic mass is 9.96. The van der Waals surface area contributed by atoms with Crippen LogP contribution in [0.4, 0.5) is 0 Å². The van der Waals surface area contributed by atoms with E-state index in [1.807, 2.05) is 0 Å². The first kappa shape index (κ1) is 20.8. The van der Waals surface area contributed by atoms with Crippen molar-refractivity contribution in [3.8, 4) is 0 Å². The summed E-state index contributed by atoms with van der Waals surface area (Å²) in [4.78, 5) is 4.80. The fourth-order valence-electron chi connectivity index (χ4n) is 2.50. The number of hydrogen-bond donors (Lipinski definition) is 2. The molecule has 0 fully saturated rings. The minimum atomic E-state index is -0.124. The van der Waals surface area contributed by atoms with Crippen LogP contribution in [-0.4, -0.2) is 73.9 Å². The molecule has 0 saturated heterocycles. The van der Waals surface area contributed by atoms with Crippen molar-refractivity contribution >= 4 is 0 Å². The standard InChI is InChI=1S/C17H39N3O/c1-7-10-18-17(4,15-21)9-8-11-20(14-16(2)3)13-12-19(5)6/h16,18,21H,7-15H2,1-6H3. The quantitative estimate of drug-likeness (QED) is 0.546. The molecule has 0 amide bonds. The van der Waals surface area contributed by atoms with Crippen LogP contribution >= 0.6 is 0 Å². The van der Waals surface area contributed by atoms with Crippen LogP contribution in [0.3, 0.4) is 0 Å². The van der Waals surface area contributed by atoms with Gasteiger partial charge in [-0.1, -0.05) is 20.8 Å². The molecule has 0 aliphatic carbocycles. The summed E-state index contributed by atoms with van der Waals surface area (Å²) in [6.45, 7) is 14.6. The van der Waals surface area contributed by atoms with E-state index in [1.165, 1.54) is 0 Å². The van der Waals surface area contributed by atoms with Crippen LogP contribution in [0.1, 0.15) is 47.0 Å². The Labute approximate surface area is 132 Å². The second-order valence-corrected chi connectivity index (χ2v) is 7.25. The first-order valence-corrected chi connectivity index (χ1v) is 8.56. The molecule has 0 rings (SSSR count). The van der Waals surface area contributed by atoms with Gasteiger partial charge in [-0.2, -0.15) is 0 Å². The minimum absolute atomic E-state index is 0.124. The largest absolute Gasteiger partial charge is 0.394 e. The topological polar surface area (TPSA) is 38.7 Å². The molecule has 0 spiro atoms. The van der Waals surface area contributed by atoms with E-state index in [-0.39, 0.29) is 12.1 Å². The van der Waals surface area contributed by atoms with Gasteiger partial charge < -0.3 is 20.2 Å². The van der Waals surface area contributed by atoms with Crippen LogP contribution in [0, 0.1) is 5.92 Å². The maximum atomic E-state index is 9.62. The van der Waals surface area contributed by atoms with Gasteiger partial charge in [-0.3, -0.25) is 0 Å². The van der Waals surface area contributed by atoms with Gasteiger partial charge in [-0.05, 0) is 59.3 Å². The highest BCUT2D eigenvalue weighted by molar-refractivity contribution is 4.82. The summed E-state index contributed by atoms with van der Waals surface area (Å²) in [5.41, 5.74) is -0.124. The Morgan fingerprint density at radius 1 is 1.14 bits per heavy atom. The molecule has 4 heteroatoms. The molecule has 0 aromatic carbocycles. The van der Waals surface area contributed by atoms with Gasteiger partial charge >= 0.3 is 0 Å². The highest BCUT2D eigenvalue weighted by Crippen LogP contribution is 2.13. The van der Waals surface area contributed by atoms with E-state index >= 15 is 0 Å². The third-order valence-electron chi connectivity index (χ3n) is 3.84. The van der Waals surface area contributed by atoms with Gasteiger partial charge in [0.15, 0.2) is 0 Å². The summed E-state index contributed by atoms with van der Waals surface area (Å²) >= 11 is 0. The van der Waals surface area contributed by atoms with Crippen molar-refractivity contribution in [2.45, 2.75) is 52.5 Å². The van der Waals surface area contributed by atoms with Crippen molar-refractivity contribution < 1.29 is 5.11 Å². The number of nitrogens with zero attached hydrogens (tertiary/aromatic N) is 2. The Balaban J connectivity index is 4.19. The normalized spacial score (nSPS) is 15.1. The molecule has 4 nitrogen and oxygen atoms in total. The number of rotatable bonds is 13. The van der Waals surface area contributed by atoms with Crippen molar-refractivity contribution in [3.05, 3.63) is 0 Å². The molecule has 0 aliphatic rings. The molecule has 21 heavy (non-hydrogen) atoms. The molecule has 0 saturated carbocycles. The number of likely N-dealkylation sites (N-methyl/N-ethyl adjacent to an activating group) is 1. The number of nitrogens with one attached hydrogen (secondary N) is 1. The third kappa shape index (κ3) is 11.1. The van der Waals surface area contributed by atoms with E-state index in [0.717, 1.165) is 52.0 Å². The van der Waals surface area contributed by atoms with Crippen LogP contribution in [0.5, 0.6) is 0 Å². The molecular formula is C17H39N3O. The van der Waals surface area contributed by atoms with Gasteiger partial charge in [0.2, 0.25) is 0 Å². The van der Waals surface area contributed by atoms with E-state index in [2.05, 4.69) is 56.9 Å². The first-order valence-electron chi connectivity index (χ1n) is 8.56. The molecule has 128 valence electrons. The molecule has 0 heterocycles. The molecule has 2 N–H and O–H groups in total. The van der Waals surface area contributed by atoms with Gasteiger partial charge in [0.1, 0.15) is 0 Å². The molecule has 0 radical (unpaired) electrons. The number of aliphatic hydroxyl groups is 1. The second kappa shape index (κ2) is 11.4. The third-order valence-corrected chi connectivity index (χ3v) is 3.84. The van der Waals surface area contributed by atoms with Crippen LogP contribution in [0.25, 0.3) is 0 Å². The predicted molar refractivity (Wildman–Crippen MR) is 92.9 cm³/mol. The van der Waals surface area contributed by atoms with E-state index in [4.69, 9.17) is 0 Å². The molecule has 1 unspecified atom stereocenters. The highest BCUT2D eigenvalue weighted by atomic mass is 16.3. The van der Waals surface area contributed by atoms with Gasteiger partial charge in [-0.15, -0.1) is 0 Å². The molecule has 0 aromatic rings. The molecule has 0 aromatic heterocycles. The predicted octanol–water partition coefficient (Wildman–Crippen LogP) is 2.04. The van der Waals surface area contributed by atoms with Crippen molar-refractivity contribution in [2.75, 3.05) is 53.4 Å².